The minimum atomic E-state index is -0.191. The number of halogens is 1. The van der Waals surface area contributed by atoms with Gasteiger partial charge in [0.05, 0.1) is 12.7 Å². The molecule has 16 heavy (non-hydrogen) atoms. The van der Waals surface area contributed by atoms with Crippen molar-refractivity contribution in [3.63, 3.8) is 0 Å². The molecule has 1 atom stereocenters. The molecule has 3 nitrogen and oxygen atoms in total. The van der Waals surface area contributed by atoms with Gasteiger partial charge in [-0.1, -0.05) is 6.07 Å². The zero-order chi connectivity index (χ0) is 11.4. The molecule has 0 aliphatic carbocycles. The molecule has 2 rings (SSSR count). The molecule has 1 aromatic rings. The molecule has 1 aromatic carbocycles. The molecule has 4 heteroatoms. The Morgan fingerprint density at radius 3 is 3.12 bits per heavy atom. The normalized spacial score (nSPS) is 20.4. The van der Waals surface area contributed by atoms with Crippen LogP contribution >= 0.6 is 0 Å². The van der Waals surface area contributed by atoms with Gasteiger partial charge >= 0.3 is 0 Å². The van der Waals surface area contributed by atoms with Crippen molar-refractivity contribution in [1.82, 2.24) is 0 Å². The Morgan fingerprint density at radius 1 is 1.50 bits per heavy atom. The average Bonchev–Trinajstić information content (AvgIpc) is 2.75. The van der Waals surface area contributed by atoms with Crippen LogP contribution in [0.1, 0.15) is 6.42 Å². The predicted molar refractivity (Wildman–Crippen MR) is 62.0 cm³/mol. The van der Waals surface area contributed by atoms with Gasteiger partial charge in [-0.2, -0.15) is 0 Å². The van der Waals surface area contributed by atoms with Gasteiger partial charge in [0.2, 0.25) is 0 Å². The maximum absolute atomic E-state index is 13.0. The Labute approximate surface area is 95.0 Å². The maximum Gasteiger partial charge on any atom is 0.125 e. The highest BCUT2D eigenvalue weighted by Gasteiger charge is 2.23. The molecule has 0 amide bonds. The Morgan fingerprint density at radius 2 is 2.38 bits per heavy atom. The van der Waals surface area contributed by atoms with E-state index in [2.05, 4.69) is 4.90 Å². The van der Waals surface area contributed by atoms with Crippen LogP contribution in [0.15, 0.2) is 24.3 Å². The summed E-state index contributed by atoms with van der Waals surface area (Å²) in [4.78, 5) is 2.14. The summed E-state index contributed by atoms with van der Waals surface area (Å²) in [6.07, 6.45) is 1.21. The Balaban J connectivity index is 1.93. The van der Waals surface area contributed by atoms with E-state index in [9.17, 15) is 4.39 Å². The van der Waals surface area contributed by atoms with Gasteiger partial charge in [-0.15, -0.1) is 0 Å². The monoisotopic (exact) mass is 224 g/mol. The van der Waals surface area contributed by atoms with E-state index in [1.165, 1.54) is 6.07 Å². The number of anilines is 1. The number of nitrogens with two attached hydrogens (primary N) is 1. The standard InChI is InChI=1S/C12H17FN2O/c13-10-2-1-3-11(8-10)15-6-4-12(9-15)16-7-5-14/h1-3,8,12H,4-7,9,14H2/t12-/m1/s1. The largest absolute Gasteiger partial charge is 0.375 e. The van der Waals surface area contributed by atoms with Crippen molar-refractivity contribution in [2.45, 2.75) is 12.5 Å². The van der Waals surface area contributed by atoms with Crippen LogP contribution in [0.3, 0.4) is 0 Å². The van der Waals surface area contributed by atoms with E-state index in [1.54, 1.807) is 12.1 Å². The van der Waals surface area contributed by atoms with E-state index in [-0.39, 0.29) is 11.9 Å². The van der Waals surface area contributed by atoms with Crippen LogP contribution in [0.4, 0.5) is 10.1 Å². The van der Waals surface area contributed by atoms with Crippen LogP contribution in [-0.4, -0.2) is 32.3 Å². The summed E-state index contributed by atoms with van der Waals surface area (Å²) in [5.74, 6) is -0.191. The number of nitrogens with zero attached hydrogens (tertiary/aromatic N) is 1. The van der Waals surface area contributed by atoms with Crippen LogP contribution < -0.4 is 10.6 Å². The summed E-state index contributed by atoms with van der Waals surface area (Å²) in [5.41, 5.74) is 6.31. The minimum Gasteiger partial charge on any atom is -0.375 e. The molecule has 1 saturated heterocycles. The van der Waals surface area contributed by atoms with E-state index < -0.39 is 0 Å². The number of ether oxygens (including phenoxy) is 1. The smallest absolute Gasteiger partial charge is 0.125 e. The molecular weight excluding hydrogens is 207 g/mol. The number of rotatable bonds is 4. The average molecular weight is 224 g/mol. The van der Waals surface area contributed by atoms with Crippen molar-refractivity contribution in [3.05, 3.63) is 30.1 Å². The molecule has 0 aromatic heterocycles. The third-order valence-electron chi connectivity index (χ3n) is 2.79. The summed E-state index contributed by atoms with van der Waals surface area (Å²) in [7, 11) is 0. The van der Waals surface area contributed by atoms with Crippen molar-refractivity contribution in [1.29, 1.82) is 0 Å². The molecule has 0 bridgehead atoms. The SMILES string of the molecule is NCCO[C@@H]1CCN(c2cccc(F)c2)C1. The van der Waals surface area contributed by atoms with Crippen molar-refractivity contribution in [2.24, 2.45) is 5.73 Å². The van der Waals surface area contributed by atoms with Crippen LogP contribution in [0, 0.1) is 5.82 Å². The van der Waals surface area contributed by atoms with Gasteiger partial charge in [0, 0.05) is 25.3 Å². The lowest BCUT2D eigenvalue weighted by atomic mass is 10.3. The maximum atomic E-state index is 13.0. The fraction of sp³-hybridized carbons (Fsp3) is 0.500. The van der Waals surface area contributed by atoms with Gasteiger partial charge < -0.3 is 15.4 Å². The summed E-state index contributed by atoms with van der Waals surface area (Å²) in [6.45, 7) is 2.89. The van der Waals surface area contributed by atoms with Gasteiger partial charge in [0.1, 0.15) is 5.82 Å². The van der Waals surface area contributed by atoms with Gasteiger partial charge in [-0.05, 0) is 24.6 Å². The lowest BCUT2D eigenvalue weighted by Gasteiger charge is -2.18. The zero-order valence-electron chi connectivity index (χ0n) is 9.23. The summed E-state index contributed by atoms with van der Waals surface area (Å²) >= 11 is 0. The second kappa shape index (κ2) is 5.27. The highest BCUT2D eigenvalue weighted by Crippen LogP contribution is 2.22. The van der Waals surface area contributed by atoms with E-state index in [0.29, 0.717) is 13.2 Å². The van der Waals surface area contributed by atoms with Gasteiger partial charge in [0.25, 0.3) is 0 Å². The van der Waals surface area contributed by atoms with E-state index in [1.807, 2.05) is 6.07 Å². The fourth-order valence-electron chi connectivity index (χ4n) is 2.01. The summed E-state index contributed by atoms with van der Waals surface area (Å²) in [5, 5.41) is 0. The summed E-state index contributed by atoms with van der Waals surface area (Å²) < 4.78 is 18.6. The van der Waals surface area contributed by atoms with E-state index in [0.717, 1.165) is 25.2 Å². The molecule has 88 valence electrons. The molecule has 1 aliphatic rings. The highest BCUT2D eigenvalue weighted by atomic mass is 19.1. The minimum absolute atomic E-state index is 0.191. The Hall–Kier alpha value is -1.13. The Kier molecular flexibility index (Phi) is 3.74. The molecule has 0 spiro atoms. The molecule has 1 fully saturated rings. The van der Waals surface area contributed by atoms with Crippen molar-refractivity contribution in [3.8, 4) is 0 Å². The zero-order valence-corrected chi connectivity index (χ0v) is 9.23. The topological polar surface area (TPSA) is 38.5 Å². The first-order valence-corrected chi connectivity index (χ1v) is 5.62. The molecular formula is C12H17FN2O. The van der Waals surface area contributed by atoms with Crippen molar-refractivity contribution >= 4 is 5.69 Å². The van der Waals surface area contributed by atoms with Crippen LogP contribution in [0.5, 0.6) is 0 Å². The first kappa shape index (κ1) is 11.4. The van der Waals surface area contributed by atoms with Gasteiger partial charge in [0.15, 0.2) is 0 Å². The van der Waals surface area contributed by atoms with Crippen LogP contribution in [0.25, 0.3) is 0 Å². The summed E-state index contributed by atoms with van der Waals surface area (Å²) in [6, 6.07) is 6.68. The molecule has 0 unspecified atom stereocenters. The second-order valence-corrected chi connectivity index (χ2v) is 4.00. The van der Waals surface area contributed by atoms with Gasteiger partial charge in [-0.3, -0.25) is 0 Å². The first-order chi connectivity index (χ1) is 7.79. The Bertz CT molecular complexity index is 346. The van der Waals surface area contributed by atoms with Gasteiger partial charge in [-0.25, -0.2) is 4.39 Å². The third kappa shape index (κ3) is 2.71. The number of hydrogen-bond acceptors (Lipinski definition) is 3. The third-order valence-corrected chi connectivity index (χ3v) is 2.79. The number of hydrogen-bond donors (Lipinski definition) is 1. The quantitative estimate of drug-likeness (QED) is 0.839. The van der Waals surface area contributed by atoms with Crippen LogP contribution in [-0.2, 0) is 4.74 Å². The molecule has 1 aliphatic heterocycles. The van der Waals surface area contributed by atoms with E-state index >= 15 is 0 Å². The lowest BCUT2D eigenvalue weighted by molar-refractivity contribution is 0.0742. The second-order valence-electron chi connectivity index (χ2n) is 4.00. The fourth-order valence-corrected chi connectivity index (χ4v) is 2.01. The van der Waals surface area contributed by atoms with Crippen LogP contribution in [0.2, 0.25) is 0 Å². The number of benzene rings is 1. The predicted octanol–water partition coefficient (Wildman–Crippen LogP) is 1.38. The molecule has 0 saturated carbocycles. The molecule has 2 N–H and O–H groups in total. The van der Waals surface area contributed by atoms with Crippen molar-refractivity contribution < 1.29 is 9.13 Å². The van der Waals surface area contributed by atoms with Crippen molar-refractivity contribution in [2.75, 3.05) is 31.1 Å². The highest BCUT2D eigenvalue weighted by molar-refractivity contribution is 5.47. The first-order valence-electron chi connectivity index (χ1n) is 5.62. The lowest BCUT2D eigenvalue weighted by Crippen LogP contribution is -2.24. The molecule has 0 radical (unpaired) electrons. The van der Waals surface area contributed by atoms with E-state index in [4.69, 9.17) is 10.5 Å². The molecule has 1 heterocycles.